The highest BCUT2D eigenvalue weighted by Gasteiger charge is 2.04. The first kappa shape index (κ1) is 12.0. The Kier molecular flexibility index (Phi) is 3.36. The summed E-state index contributed by atoms with van der Waals surface area (Å²) in [5, 5.41) is 13.3. The number of benzene rings is 1. The van der Waals surface area contributed by atoms with Crippen LogP contribution in [0.15, 0.2) is 24.4 Å². The molecule has 0 unspecified atom stereocenters. The van der Waals surface area contributed by atoms with Gasteiger partial charge < -0.3 is 10.4 Å². The van der Waals surface area contributed by atoms with Crippen molar-refractivity contribution in [3.8, 4) is 5.88 Å². The summed E-state index contributed by atoms with van der Waals surface area (Å²) in [4.78, 5) is 7.91. The molecule has 4 nitrogen and oxygen atoms in total. The van der Waals surface area contributed by atoms with E-state index >= 15 is 0 Å². The van der Waals surface area contributed by atoms with E-state index in [0.29, 0.717) is 27.2 Å². The quantitative estimate of drug-likeness (QED) is 0.876. The molecule has 0 bridgehead atoms. The third-order valence-corrected chi connectivity index (χ3v) is 2.86. The first-order valence-electron chi connectivity index (χ1n) is 4.81. The Hall–Kier alpha value is -1.52. The van der Waals surface area contributed by atoms with Gasteiger partial charge in [-0.15, -0.1) is 0 Å². The molecular formula is C11H9Cl2N3O. The van der Waals surface area contributed by atoms with Crippen molar-refractivity contribution in [1.29, 1.82) is 0 Å². The molecule has 1 aromatic heterocycles. The molecule has 17 heavy (non-hydrogen) atoms. The van der Waals surface area contributed by atoms with Crippen LogP contribution in [0.4, 0.5) is 11.6 Å². The van der Waals surface area contributed by atoms with E-state index in [0.717, 1.165) is 0 Å². The van der Waals surface area contributed by atoms with Crippen molar-refractivity contribution < 1.29 is 5.11 Å². The van der Waals surface area contributed by atoms with E-state index in [4.69, 9.17) is 23.2 Å². The number of hydrogen-bond acceptors (Lipinski definition) is 4. The molecule has 0 saturated heterocycles. The van der Waals surface area contributed by atoms with Gasteiger partial charge in [0.1, 0.15) is 0 Å². The van der Waals surface area contributed by atoms with Crippen LogP contribution in [-0.2, 0) is 0 Å². The lowest BCUT2D eigenvalue weighted by atomic mass is 10.3. The van der Waals surface area contributed by atoms with Gasteiger partial charge in [0, 0.05) is 17.4 Å². The molecule has 2 aromatic rings. The second-order valence-corrected chi connectivity index (χ2v) is 4.27. The predicted octanol–water partition coefficient (Wildman–Crippen LogP) is 3.54. The van der Waals surface area contributed by atoms with Crippen molar-refractivity contribution in [2.45, 2.75) is 6.92 Å². The summed E-state index contributed by atoms with van der Waals surface area (Å²) in [5.74, 6) is 0.244. The van der Waals surface area contributed by atoms with Crippen molar-refractivity contribution in [2.75, 3.05) is 5.32 Å². The third kappa shape index (κ3) is 2.78. The normalized spacial score (nSPS) is 10.3. The summed E-state index contributed by atoms with van der Waals surface area (Å²) in [5.41, 5.74) is 1.31. The fourth-order valence-corrected chi connectivity index (χ4v) is 1.49. The van der Waals surface area contributed by atoms with Crippen LogP contribution in [0.5, 0.6) is 5.88 Å². The largest absolute Gasteiger partial charge is 0.493 e. The van der Waals surface area contributed by atoms with E-state index in [9.17, 15) is 5.11 Å². The van der Waals surface area contributed by atoms with Crippen LogP contribution < -0.4 is 5.32 Å². The lowest BCUT2D eigenvalue weighted by molar-refractivity contribution is 0.448. The smallest absolute Gasteiger partial charge is 0.230 e. The van der Waals surface area contributed by atoms with Gasteiger partial charge in [0.25, 0.3) is 0 Å². The first-order chi connectivity index (χ1) is 8.06. The number of nitrogens with one attached hydrogen (secondary N) is 1. The van der Waals surface area contributed by atoms with Crippen molar-refractivity contribution in [3.63, 3.8) is 0 Å². The number of aromatic nitrogens is 2. The van der Waals surface area contributed by atoms with Gasteiger partial charge in [-0.1, -0.05) is 23.2 Å². The van der Waals surface area contributed by atoms with Crippen molar-refractivity contribution >= 4 is 34.8 Å². The number of halogens is 2. The van der Waals surface area contributed by atoms with Crippen LogP contribution in [0.2, 0.25) is 10.0 Å². The molecule has 1 heterocycles. The van der Waals surface area contributed by atoms with Gasteiger partial charge in [0.15, 0.2) is 0 Å². The number of nitrogens with zero attached hydrogens (tertiary/aromatic N) is 2. The highest BCUT2D eigenvalue weighted by molar-refractivity contribution is 6.42. The summed E-state index contributed by atoms with van der Waals surface area (Å²) in [7, 11) is 0. The van der Waals surface area contributed by atoms with Gasteiger partial charge >= 0.3 is 0 Å². The van der Waals surface area contributed by atoms with Gasteiger partial charge in [-0.2, -0.15) is 4.98 Å². The zero-order valence-electron chi connectivity index (χ0n) is 8.91. The summed E-state index contributed by atoms with van der Waals surface area (Å²) in [6.45, 7) is 1.72. The molecule has 2 N–H and O–H groups in total. The van der Waals surface area contributed by atoms with Crippen molar-refractivity contribution in [2.24, 2.45) is 0 Å². The van der Waals surface area contributed by atoms with Gasteiger partial charge in [-0.25, -0.2) is 4.98 Å². The summed E-state index contributed by atoms with van der Waals surface area (Å²) < 4.78 is 0. The molecule has 0 fully saturated rings. The lowest BCUT2D eigenvalue weighted by Gasteiger charge is -2.06. The van der Waals surface area contributed by atoms with E-state index in [-0.39, 0.29) is 5.88 Å². The molecule has 88 valence electrons. The molecule has 0 aliphatic heterocycles. The minimum atomic E-state index is -0.0532. The monoisotopic (exact) mass is 269 g/mol. The predicted molar refractivity (Wildman–Crippen MR) is 68.2 cm³/mol. The molecule has 0 atom stereocenters. The minimum absolute atomic E-state index is 0.0532. The molecule has 0 saturated carbocycles. The van der Waals surface area contributed by atoms with Crippen LogP contribution in [0.1, 0.15) is 5.56 Å². The van der Waals surface area contributed by atoms with Crippen molar-refractivity contribution in [3.05, 3.63) is 40.0 Å². The van der Waals surface area contributed by atoms with Crippen LogP contribution in [0, 0.1) is 6.92 Å². The first-order valence-corrected chi connectivity index (χ1v) is 5.56. The van der Waals surface area contributed by atoms with Crippen molar-refractivity contribution in [1.82, 2.24) is 9.97 Å². The molecule has 0 aliphatic rings. The van der Waals surface area contributed by atoms with Gasteiger partial charge in [0.2, 0.25) is 11.8 Å². The zero-order chi connectivity index (χ0) is 12.4. The Morgan fingerprint density at radius 2 is 2.00 bits per heavy atom. The van der Waals surface area contributed by atoms with Crippen LogP contribution in [0.3, 0.4) is 0 Å². The minimum Gasteiger partial charge on any atom is -0.493 e. The van der Waals surface area contributed by atoms with E-state index < -0.39 is 0 Å². The van der Waals surface area contributed by atoms with E-state index in [1.165, 1.54) is 6.20 Å². The molecule has 2 rings (SSSR count). The maximum absolute atomic E-state index is 9.44. The van der Waals surface area contributed by atoms with Crippen LogP contribution in [-0.4, -0.2) is 15.1 Å². The number of rotatable bonds is 2. The number of aryl methyl sites for hydroxylation is 1. The van der Waals surface area contributed by atoms with Crippen LogP contribution >= 0.6 is 23.2 Å². The Morgan fingerprint density at radius 3 is 2.65 bits per heavy atom. The third-order valence-electron chi connectivity index (χ3n) is 2.12. The number of anilines is 2. The Labute approximate surface area is 108 Å². The fraction of sp³-hybridized carbons (Fsp3) is 0.0909. The SMILES string of the molecule is Cc1cnc(Nc2ccc(Cl)c(Cl)c2)nc1O. The Morgan fingerprint density at radius 1 is 1.24 bits per heavy atom. The van der Waals surface area contributed by atoms with Gasteiger partial charge in [0.05, 0.1) is 10.0 Å². The summed E-state index contributed by atoms with van der Waals surface area (Å²) in [6.07, 6.45) is 1.53. The van der Waals surface area contributed by atoms with Gasteiger partial charge in [-0.3, -0.25) is 0 Å². The maximum Gasteiger partial charge on any atom is 0.230 e. The average Bonchev–Trinajstić information content (AvgIpc) is 2.29. The molecule has 0 radical (unpaired) electrons. The summed E-state index contributed by atoms with van der Waals surface area (Å²) >= 11 is 11.7. The Balaban J connectivity index is 2.25. The molecular weight excluding hydrogens is 261 g/mol. The molecule has 1 aromatic carbocycles. The topological polar surface area (TPSA) is 58.0 Å². The highest BCUT2D eigenvalue weighted by atomic mass is 35.5. The van der Waals surface area contributed by atoms with E-state index in [1.54, 1.807) is 25.1 Å². The van der Waals surface area contributed by atoms with E-state index in [1.807, 2.05) is 0 Å². The number of hydrogen-bond donors (Lipinski definition) is 2. The summed E-state index contributed by atoms with van der Waals surface area (Å²) in [6, 6.07) is 5.07. The fourth-order valence-electron chi connectivity index (χ4n) is 1.20. The average molecular weight is 270 g/mol. The molecule has 0 amide bonds. The lowest BCUT2D eigenvalue weighted by Crippen LogP contribution is -1.97. The molecule has 0 spiro atoms. The molecule has 0 aliphatic carbocycles. The maximum atomic E-state index is 9.44. The van der Waals surface area contributed by atoms with Crippen LogP contribution in [0.25, 0.3) is 0 Å². The Bertz CT molecular complexity index is 511. The molecule has 6 heteroatoms. The highest BCUT2D eigenvalue weighted by Crippen LogP contribution is 2.26. The second kappa shape index (κ2) is 4.77. The zero-order valence-corrected chi connectivity index (χ0v) is 10.4. The second-order valence-electron chi connectivity index (χ2n) is 3.45. The van der Waals surface area contributed by atoms with Gasteiger partial charge in [-0.05, 0) is 25.1 Å². The standard InChI is InChI=1S/C11H9Cl2N3O/c1-6-5-14-11(16-10(6)17)15-7-2-3-8(12)9(13)4-7/h2-5H,1H3,(H2,14,15,16,17). The number of aromatic hydroxyl groups is 1. The van der Waals surface area contributed by atoms with E-state index in [2.05, 4.69) is 15.3 Å².